The summed E-state index contributed by atoms with van der Waals surface area (Å²) in [4.78, 5) is 42.5. The van der Waals surface area contributed by atoms with Gasteiger partial charge in [-0.2, -0.15) is 9.97 Å². The number of aromatic nitrogens is 5. The number of halogens is 1. The number of benzene rings is 2. The molecule has 0 radical (unpaired) electrons. The first kappa shape index (κ1) is 31.6. The first-order valence-corrected chi connectivity index (χ1v) is 16.6. The van der Waals surface area contributed by atoms with Gasteiger partial charge in [-0.15, -0.1) is 0 Å². The largest absolute Gasteiger partial charge is 0.477 e. The number of piperazine rings is 1. The molecule has 12 nitrogen and oxygen atoms in total. The minimum Gasteiger partial charge on any atom is -0.477 e. The van der Waals surface area contributed by atoms with Crippen LogP contribution in [0.15, 0.2) is 47.7 Å². The van der Waals surface area contributed by atoms with Crippen LogP contribution in [-0.4, -0.2) is 72.8 Å². The number of nitrogens with one attached hydrogen (secondary N) is 1. The molecule has 3 aromatic heterocycles. The topological polar surface area (TPSA) is 147 Å². The number of nitrogen functional groups attached to an aromatic ring is 1. The van der Waals surface area contributed by atoms with Crippen molar-refractivity contribution in [3.8, 4) is 0 Å². The fourth-order valence-corrected chi connectivity index (χ4v) is 6.73. The number of unbranched alkanes of at least 4 members (excludes halogenated alkanes) is 1. The molecular formula is C35H40FN9O3. The van der Waals surface area contributed by atoms with E-state index in [9.17, 15) is 14.7 Å². The summed E-state index contributed by atoms with van der Waals surface area (Å²) in [7, 11) is 0. The Morgan fingerprint density at radius 3 is 2.58 bits per heavy atom. The van der Waals surface area contributed by atoms with Gasteiger partial charge in [-0.25, -0.2) is 14.2 Å². The number of aromatic carboxylic acids is 1. The summed E-state index contributed by atoms with van der Waals surface area (Å²) in [6.45, 7) is 8.77. The van der Waals surface area contributed by atoms with Gasteiger partial charge in [0.15, 0.2) is 11.5 Å². The fourth-order valence-electron chi connectivity index (χ4n) is 6.73. The van der Waals surface area contributed by atoms with Gasteiger partial charge in [0.2, 0.25) is 11.4 Å². The molecule has 0 spiro atoms. The van der Waals surface area contributed by atoms with Crippen LogP contribution in [-0.2, 0) is 13.0 Å². The van der Waals surface area contributed by atoms with E-state index in [0.29, 0.717) is 41.7 Å². The van der Waals surface area contributed by atoms with Gasteiger partial charge >= 0.3 is 5.97 Å². The molecule has 4 N–H and O–H groups in total. The molecule has 0 bridgehead atoms. The van der Waals surface area contributed by atoms with Crippen LogP contribution in [0.2, 0.25) is 0 Å². The number of rotatable bonds is 11. The molecule has 0 unspecified atom stereocenters. The molecule has 1 saturated heterocycles. The molecule has 250 valence electrons. The highest BCUT2D eigenvalue weighted by Crippen LogP contribution is 2.38. The second-order valence-corrected chi connectivity index (χ2v) is 12.8. The number of hydrogen-bond acceptors (Lipinski definition) is 9. The van der Waals surface area contributed by atoms with E-state index in [1.165, 1.54) is 23.4 Å². The molecule has 1 aliphatic heterocycles. The zero-order chi connectivity index (χ0) is 33.5. The Morgan fingerprint density at radius 1 is 1.08 bits per heavy atom. The predicted octanol–water partition coefficient (Wildman–Crippen LogP) is 5.11. The SMILES string of the molecule is CCc1cc(Nc2nc(N)c3c(ncn3CCCCN3CCN(c4cc5c(cc4F)c(=O)c(C(=O)O)cn5C4CC4)CC3)n2)ccc1C. The van der Waals surface area contributed by atoms with E-state index in [2.05, 4.69) is 51.1 Å². The van der Waals surface area contributed by atoms with E-state index < -0.39 is 17.2 Å². The lowest BCUT2D eigenvalue weighted by Crippen LogP contribution is -2.47. The standard InChI is InChI=1S/C35H40FN9O3/c1-3-22-16-23(7-6-21(22)2)39-35-40-32(37)30-33(41-35)38-20-44(30)11-5-4-10-42-12-14-43(15-13-42)29-18-28-25(17-27(29)36)31(46)26(34(47)48)19-45(28)24-8-9-24/h6-7,16-20,24H,3-5,8-15H2,1-2H3,(H,47,48)(H3,37,39,40,41). The highest BCUT2D eigenvalue weighted by atomic mass is 19.1. The number of carboxylic acid groups (broad SMARTS) is 1. The van der Waals surface area contributed by atoms with E-state index in [4.69, 9.17) is 5.73 Å². The van der Waals surface area contributed by atoms with Crippen LogP contribution in [0.1, 0.15) is 60.1 Å². The Bertz CT molecular complexity index is 2080. The number of aryl methyl sites for hydroxylation is 3. The van der Waals surface area contributed by atoms with Crippen LogP contribution in [0.5, 0.6) is 0 Å². The molecule has 0 amide bonds. The molecule has 0 atom stereocenters. The van der Waals surface area contributed by atoms with Crippen LogP contribution in [0.25, 0.3) is 22.1 Å². The maximum Gasteiger partial charge on any atom is 0.341 e. The Balaban J connectivity index is 0.946. The van der Waals surface area contributed by atoms with E-state index in [1.54, 1.807) is 12.4 Å². The normalized spacial score (nSPS) is 15.4. The summed E-state index contributed by atoms with van der Waals surface area (Å²) >= 11 is 0. The zero-order valence-electron chi connectivity index (χ0n) is 27.2. The third kappa shape index (κ3) is 6.17. The van der Waals surface area contributed by atoms with Crippen LogP contribution in [0.3, 0.4) is 0 Å². The summed E-state index contributed by atoms with van der Waals surface area (Å²) in [6, 6.07) is 9.26. The minimum absolute atomic E-state index is 0.116. The number of fused-ring (bicyclic) bond motifs is 2. The van der Waals surface area contributed by atoms with Crippen molar-refractivity contribution in [3.05, 3.63) is 75.6 Å². The molecule has 48 heavy (non-hydrogen) atoms. The average Bonchev–Trinajstić information content (AvgIpc) is 3.83. The number of hydrogen-bond donors (Lipinski definition) is 3. The van der Waals surface area contributed by atoms with Gasteiger partial charge < -0.3 is 30.2 Å². The number of pyridine rings is 1. The second-order valence-electron chi connectivity index (χ2n) is 12.8. The Hall–Kier alpha value is -5.04. The smallest absolute Gasteiger partial charge is 0.341 e. The minimum atomic E-state index is -1.29. The van der Waals surface area contributed by atoms with Crippen molar-refractivity contribution in [3.63, 3.8) is 0 Å². The summed E-state index contributed by atoms with van der Waals surface area (Å²) in [5.41, 5.74) is 11.2. The van der Waals surface area contributed by atoms with Crippen molar-refractivity contribution < 1.29 is 14.3 Å². The lowest BCUT2D eigenvalue weighted by molar-refractivity contribution is 0.0694. The van der Waals surface area contributed by atoms with Crippen LogP contribution >= 0.6 is 0 Å². The third-order valence-electron chi connectivity index (χ3n) is 9.59. The number of carboxylic acids is 1. The van der Waals surface area contributed by atoms with Crippen molar-refractivity contribution in [1.29, 1.82) is 0 Å². The molecule has 7 rings (SSSR count). The predicted molar refractivity (Wildman–Crippen MR) is 185 cm³/mol. The van der Waals surface area contributed by atoms with E-state index in [1.807, 2.05) is 20.1 Å². The molecule has 13 heteroatoms. The van der Waals surface area contributed by atoms with Gasteiger partial charge in [0, 0.05) is 56.0 Å². The van der Waals surface area contributed by atoms with Crippen molar-refractivity contribution in [1.82, 2.24) is 29.0 Å². The van der Waals surface area contributed by atoms with Crippen molar-refractivity contribution in [2.75, 3.05) is 48.7 Å². The number of carbonyl (C=O) groups is 1. The Kier molecular flexibility index (Phi) is 8.46. The zero-order valence-corrected chi connectivity index (χ0v) is 27.2. The monoisotopic (exact) mass is 653 g/mol. The molecule has 1 saturated carbocycles. The number of imidazole rings is 1. The highest BCUT2D eigenvalue weighted by Gasteiger charge is 2.28. The Labute approximate surface area is 277 Å². The Morgan fingerprint density at radius 2 is 1.85 bits per heavy atom. The maximum atomic E-state index is 15.4. The van der Waals surface area contributed by atoms with Crippen molar-refractivity contribution >= 4 is 51.2 Å². The van der Waals surface area contributed by atoms with Crippen LogP contribution < -0.4 is 21.4 Å². The molecule has 2 fully saturated rings. The highest BCUT2D eigenvalue weighted by molar-refractivity contribution is 5.93. The van der Waals surface area contributed by atoms with E-state index in [0.717, 1.165) is 69.5 Å². The summed E-state index contributed by atoms with van der Waals surface area (Å²) in [6.07, 6.45) is 7.84. The molecular weight excluding hydrogens is 613 g/mol. The molecule has 5 aromatic rings. The maximum absolute atomic E-state index is 15.4. The van der Waals surface area contributed by atoms with Gasteiger partial charge in [-0.3, -0.25) is 9.69 Å². The van der Waals surface area contributed by atoms with Gasteiger partial charge in [0.1, 0.15) is 16.9 Å². The molecule has 4 heterocycles. The van der Waals surface area contributed by atoms with E-state index in [-0.39, 0.29) is 17.0 Å². The van der Waals surface area contributed by atoms with Crippen molar-refractivity contribution in [2.45, 2.75) is 58.5 Å². The molecule has 1 aliphatic carbocycles. The average molecular weight is 654 g/mol. The molecule has 2 aliphatic rings. The van der Waals surface area contributed by atoms with Gasteiger partial charge in [0.05, 0.1) is 17.5 Å². The number of nitrogens with two attached hydrogens (primary N) is 1. The quantitative estimate of drug-likeness (QED) is 0.164. The van der Waals surface area contributed by atoms with Gasteiger partial charge in [-0.1, -0.05) is 13.0 Å². The fraction of sp³-hybridized carbons (Fsp3) is 0.400. The lowest BCUT2D eigenvalue weighted by atomic mass is 10.1. The first-order chi connectivity index (χ1) is 23.2. The number of nitrogens with zero attached hydrogens (tertiary/aromatic N) is 7. The van der Waals surface area contributed by atoms with Gasteiger partial charge in [-0.05, 0) is 81.0 Å². The van der Waals surface area contributed by atoms with Gasteiger partial charge in [0.25, 0.3) is 0 Å². The first-order valence-electron chi connectivity index (χ1n) is 16.6. The number of anilines is 4. The van der Waals surface area contributed by atoms with E-state index >= 15 is 4.39 Å². The summed E-state index contributed by atoms with van der Waals surface area (Å²) < 4.78 is 19.2. The van der Waals surface area contributed by atoms with Crippen LogP contribution in [0, 0.1) is 12.7 Å². The molecule has 2 aromatic carbocycles. The summed E-state index contributed by atoms with van der Waals surface area (Å²) in [5.74, 6) is -0.989. The third-order valence-corrected chi connectivity index (χ3v) is 9.59. The lowest BCUT2D eigenvalue weighted by Gasteiger charge is -2.36. The van der Waals surface area contributed by atoms with Crippen molar-refractivity contribution in [2.24, 2.45) is 0 Å². The summed E-state index contributed by atoms with van der Waals surface area (Å²) in [5, 5.41) is 12.9. The second kappa shape index (κ2) is 12.9. The van der Waals surface area contributed by atoms with Crippen LogP contribution in [0.4, 0.5) is 27.5 Å².